The molecule has 0 saturated carbocycles. The average Bonchev–Trinajstić information content (AvgIpc) is 3.40. The first-order valence-corrected chi connectivity index (χ1v) is 9.93. The van der Waals surface area contributed by atoms with Crippen molar-refractivity contribution in [3.05, 3.63) is 47.5 Å². The van der Waals surface area contributed by atoms with E-state index in [0.717, 1.165) is 22.6 Å². The molecule has 0 radical (unpaired) electrons. The standard InChI is InChI=1S/C22H23NO6/c1-2-25-22(24)20-15(13-3-5-17-19(9-13)29-12-28-17)11-23-21(20)14-4-6-16-18(10-14)27-8-7-26-16/h3-6,9-10,15,20-21,23H,2,7-8,11-12H2,1H3. The predicted octanol–water partition coefficient (Wildman–Crippen LogP) is 2.79. The lowest BCUT2D eigenvalue weighted by atomic mass is 9.82. The minimum Gasteiger partial charge on any atom is -0.486 e. The molecule has 3 aliphatic heterocycles. The van der Waals surface area contributed by atoms with Crippen LogP contribution < -0.4 is 24.3 Å². The topological polar surface area (TPSA) is 75.3 Å². The zero-order valence-electron chi connectivity index (χ0n) is 16.2. The Morgan fingerprint density at radius 3 is 2.45 bits per heavy atom. The molecule has 0 aliphatic carbocycles. The van der Waals surface area contributed by atoms with Crippen molar-refractivity contribution in [3.8, 4) is 23.0 Å². The zero-order chi connectivity index (χ0) is 19.8. The molecule has 3 aliphatic rings. The molecule has 29 heavy (non-hydrogen) atoms. The number of benzene rings is 2. The van der Waals surface area contributed by atoms with E-state index >= 15 is 0 Å². The summed E-state index contributed by atoms with van der Waals surface area (Å²) in [4.78, 5) is 13.0. The lowest BCUT2D eigenvalue weighted by molar-refractivity contribution is -0.148. The molecule has 0 amide bonds. The van der Waals surface area contributed by atoms with Gasteiger partial charge in [-0.25, -0.2) is 0 Å². The van der Waals surface area contributed by atoms with Gasteiger partial charge in [-0.1, -0.05) is 12.1 Å². The van der Waals surface area contributed by atoms with Gasteiger partial charge in [-0.3, -0.25) is 4.79 Å². The summed E-state index contributed by atoms with van der Waals surface area (Å²) in [6, 6.07) is 11.5. The Morgan fingerprint density at radius 2 is 1.62 bits per heavy atom. The number of carbonyl (C=O) groups is 1. The maximum absolute atomic E-state index is 13.0. The number of esters is 1. The van der Waals surface area contributed by atoms with Gasteiger partial charge < -0.3 is 29.0 Å². The monoisotopic (exact) mass is 397 g/mol. The summed E-state index contributed by atoms with van der Waals surface area (Å²) in [6.07, 6.45) is 0. The first-order valence-electron chi connectivity index (χ1n) is 9.93. The third-order valence-corrected chi connectivity index (χ3v) is 5.66. The number of hydrogen-bond acceptors (Lipinski definition) is 7. The fourth-order valence-electron chi connectivity index (χ4n) is 4.33. The van der Waals surface area contributed by atoms with Gasteiger partial charge in [-0.15, -0.1) is 0 Å². The molecular weight excluding hydrogens is 374 g/mol. The number of fused-ring (bicyclic) bond motifs is 2. The maximum atomic E-state index is 13.0. The van der Waals surface area contributed by atoms with Crippen molar-refractivity contribution in [3.63, 3.8) is 0 Å². The van der Waals surface area contributed by atoms with E-state index in [2.05, 4.69) is 5.32 Å². The Balaban J connectivity index is 1.48. The van der Waals surface area contributed by atoms with Crippen LogP contribution in [0.3, 0.4) is 0 Å². The fourth-order valence-corrected chi connectivity index (χ4v) is 4.33. The third-order valence-electron chi connectivity index (χ3n) is 5.66. The highest BCUT2D eigenvalue weighted by Crippen LogP contribution is 2.45. The molecule has 0 bridgehead atoms. The number of carbonyl (C=O) groups excluding carboxylic acids is 1. The number of hydrogen-bond donors (Lipinski definition) is 1. The highest BCUT2D eigenvalue weighted by molar-refractivity contribution is 5.76. The van der Waals surface area contributed by atoms with E-state index in [9.17, 15) is 4.79 Å². The van der Waals surface area contributed by atoms with Crippen molar-refractivity contribution in [2.24, 2.45) is 5.92 Å². The van der Waals surface area contributed by atoms with Gasteiger partial charge in [0.05, 0.1) is 12.5 Å². The van der Waals surface area contributed by atoms with E-state index in [1.807, 2.05) is 43.3 Å². The number of rotatable bonds is 4. The van der Waals surface area contributed by atoms with Crippen LogP contribution in [0.25, 0.3) is 0 Å². The smallest absolute Gasteiger partial charge is 0.311 e. The lowest BCUT2D eigenvalue weighted by Gasteiger charge is -2.25. The first kappa shape index (κ1) is 18.1. The molecule has 2 aromatic carbocycles. The minimum absolute atomic E-state index is 0.0400. The summed E-state index contributed by atoms with van der Waals surface area (Å²) in [6.45, 7) is 4.12. The third kappa shape index (κ3) is 3.25. The van der Waals surface area contributed by atoms with Gasteiger partial charge in [0.25, 0.3) is 0 Å². The molecule has 3 atom stereocenters. The molecule has 5 rings (SSSR count). The quantitative estimate of drug-likeness (QED) is 0.795. The second-order valence-electron chi connectivity index (χ2n) is 7.29. The van der Waals surface area contributed by atoms with Crippen molar-refractivity contribution < 1.29 is 28.5 Å². The largest absolute Gasteiger partial charge is 0.486 e. The Labute approximate surface area is 168 Å². The number of ether oxygens (including phenoxy) is 5. The van der Waals surface area contributed by atoms with Crippen LogP contribution in [-0.4, -0.2) is 39.1 Å². The summed E-state index contributed by atoms with van der Waals surface area (Å²) in [5.41, 5.74) is 2.01. The van der Waals surface area contributed by atoms with Crippen LogP contribution in [0.4, 0.5) is 0 Å². The van der Waals surface area contributed by atoms with Gasteiger partial charge in [-0.2, -0.15) is 0 Å². The van der Waals surface area contributed by atoms with Crippen molar-refractivity contribution >= 4 is 5.97 Å². The Morgan fingerprint density at radius 1 is 0.966 bits per heavy atom. The fraction of sp³-hybridized carbons (Fsp3) is 0.409. The second kappa shape index (κ2) is 7.48. The maximum Gasteiger partial charge on any atom is 0.311 e. The minimum atomic E-state index is -0.363. The molecule has 1 saturated heterocycles. The second-order valence-corrected chi connectivity index (χ2v) is 7.29. The van der Waals surface area contributed by atoms with Gasteiger partial charge in [-0.05, 0) is 42.3 Å². The van der Waals surface area contributed by atoms with E-state index in [4.69, 9.17) is 23.7 Å². The molecule has 7 nitrogen and oxygen atoms in total. The molecule has 1 fully saturated rings. The first-order chi connectivity index (χ1) is 14.2. The van der Waals surface area contributed by atoms with Gasteiger partial charge in [0.15, 0.2) is 23.0 Å². The van der Waals surface area contributed by atoms with Crippen LogP contribution >= 0.6 is 0 Å². The van der Waals surface area contributed by atoms with Gasteiger partial charge in [0.1, 0.15) is 13.2 Å². The van der Waals surface area contributed by atoms with Gasteiger partial charge in [0, 0.05) is 18.5 Å². The van der Waals surface area contributed by atoms with E-state index in [1.54, 1.807) is 0 Å². The SMILES string of the molecule is CCOC(=O)C1C(c2ccc3c(c2)OCO3)CNC1c1ccc2c(c1)OCCO2. The van der Waals surface area contributed by atoms with Crippen LogP contribution in [0.1, 0.15) is 30.0 Å². The van der Waals surface area contributed by atoms with E-state index in [-0.39, 0.29) is 30.6 Å². The molecular formula is C22H23NO6. The molecule has 0 aromatic heterocycles. The van der Waals surface area contributed by atoms with Crippen molar-refractivity contribution in [1.82, 2.24) is 5.32 Å². The summed E-state index contributed by atoms with van der Waals surface area (Å²) in [5, 5.41) is 3.52. The Kier molecular flexibility index (Phi) is 4.67. The normalized spacial score (nSPS) is 24.4. The van der Waals surface area contributed by atoms with Crippen LogP contribution in [0.5, 0.6) is 23.0 Å². The van der Waals surface area contributed by atoms with Crippen molar-refractivity contribution in [1.29, 1.82) is 0 Å². The highest BCUT2D eigenvalue weighted by atomic mass is 16.7. The van der Waals surface area contributed by atoms with Crippen molar-refractivity contribution in [2.45, 2.75) is 18.9 Å². The molecule has 152 valence electrons. The Bertz CT molecular complexity index is 930. The molecule has 0 spiro atoms. The average molecular weight is 397 g/mol. The summed E-state index contributed by atoms with van der Waals surface area (Å²) >= 11 is 0. The molecule has 3 heterocycles. The molecule has 3 unspecified atom stereocenters. The predicted molar refractivity (Wildman–Crippen MR) is 104 cm³/mol. The summed E-state index contributed by atoms with van der Waals surface area (Å²) in [5.74, 6) is 2.28. The van der Waals surface area contributed by atoms with Gasteiger partial charge >= 0.3 is 5.97 Å². The van der Waals surface area contributed by atoms with E-state index < -0.39 is 0 Å². The Hall–Kier alpha value is -2.93. The van der Waals surface area contributed by atoms with E-state index in [1.165, 1.54) is 0 Å². The summed E-state index contributed by atoms with van der Waals surface area (Å²) < 4.78 is 27.7. The molecule has 2 aromatic rings. The highest BCUT2D eigenvalue weighted by Gasteiger charge is 2.44. The van der Waals surface area contributed by atoms with Crippen LogP contribution in [0.15, 0.2) is 36.4 Å². The molecule has 7 heteroatoms. The van der Waals surface area contributed by atoms with Crippen LogP contribution in [0, 0.1) is 5.92 Å². The lowest BCUT2D eigenvalue weighted by Crippen LogP contribution is -2.28. The van der Waals surface area contributed by atoms with Crippen molar-refractivity contribution in [2.75, 3.05) is 33.2 Å². The van der Waals surface area contributed by atoms with Crippen LogP contribution in [0.2, 0.25) is 0 Å². The zero-order valence-corrected chi connectivity index (χ0v) is 16.2. The van der Waals surface area contributed by atoms with Gasteiger partial charge in [0.2, 0.25) is 6.79 Å². The summed E-state index contributed by atoms with van der Waals surface area (Å²) in [7, 11) is 0. The van der Waals surface area contributed by atoms with E-state index in [0.29, 0.717) is 37.9 Å². The molecule has 1 N–H and O–H groups in total. The number of nitrogens with one attached hydrogen (secondary N) is 1. The van der Waals surface area contributed by atoms with Crippen LogP contribution in [-0.2, 0) is 9.53 Å².